The number of ether oxygens (including phenoxy) is 1. The van der Waals surface area contributed by atoms with Crippen molar-refractivity contribution in [3.05, 3.63) is 85.9 Å². The lowest BCUT2D eigenvalue weighted by Gasteiger charge is -2.29. The number of hydrogen-bond acceptors (Lipinski definition) is 8. The maximum atomic E-state index is 13.7. The summed E-state index contributed by atoms with van der Waals surface area (Å²) in [6, 6.07) is 12.6. The lowest BCUT2D eigenvalue weighted by Crippen LogP contribution is -2.36. The number of morpholine rings is 1. The summed E-state index contributed by atoms with van der Waals surface area (Å²) in [5.74, 6) is -0.0642. The third-order valence-corrected chi connectivity index (χ3v) is 8.23. The number of benzene rings is 2. The molecule has 0 spiro atoms. The molecule has 0 aliphatic carbocycles. The monoisotopic (exact) mass is 529 g/mol. The van der Waals surface area contributed by atoms with Crippen LogP contribution >= 0.6 is 11.3 Å². The van der Waals surface area contributed by atoms with E-state index in [9.17, 15) is 14.4 Å². The molecule has 2 aromatic carbocycles. The second-order valence-corrected chi connectivity index (χ2v) is 10.4. The fourth-order valence-corrected chi connectivity index (χ4v) is 5.90. The first-order chi connectivity index (χ1) is 18.5. The van der Waals surface area contributed by atoms with Gasteiger partial charge in [-0.3, -0.25) is 23.9 Å². The van der Waals surface area contributed by atoms with E-state index in [1.807, 2.05) is 30.6 Å². The number of thiazole rings is 1. The van der Waals surface area contributed by atoms with Crippen LogP contribution in [0.25, 0.3) is 10.9 Å². The van der Waals surface area contributed by atoms with E-state index < -0.39 is 0 Å². The number of anilines is 1. The number of fused-ring (bicyclic) bond motifs is 2. The molecule has 38 heavy (non-hydrogen) atoms. The molecule has 4 heterocycles. The molecule has 194 valence electrons. The van der Waals surface area contributed by atoms with Crippen molar-refractivity contribution >= 4 is 39.7 Å². The van der Waals surface area contributed by atoms with Crippen molar-refractivity contribution in [1.82, 2.24) is 19.4 Å². The molecular weight excluding hydrogens is 502 g/mol. The van der Waals surface area contributed by atoms with Gasteiger partial charge in [0, 0.05) is 49.6 Å². The zero-order chi connectivity index (χ0) is 26.2. The maximum Gasteiger partial charge on any atom is 0.261 e. The molecule has 0 unspecified atom stereocenters. The minimum atomic E-state index is -0.310. The molecule has 2 amide bonds. The number of aryl methyl sites for hydroxylation is 2. The highest BCUT2D eigenvalue weighted by atomic mass is 32.1. The zero-order valence-corrected chi connectivity index (χ0v) is 21.9. The largest absolute Gasteiger partial charge is 0.378 e. The van der Waals surface area contributed by atoms with Gasteiger partial charge < -0.3 is 9.64 Å². The van der Waals surface area contributed by atoms with Gasteiger partial charge in [0.15, 0.2) is 0 Å². The maximum absolute atomic E-state index is 13.7. The van der Waals surface area contributed by atoms with Crippen LogP contribution in [0, 0.1) is 6.92 Å². The van der Waals surface area contributed by atoms with Crippen LogP contribution < -0.4 is 10.5 Å². The number of imide groups is 1. The van der Waals surface area contributed by atoms with Gasteiger partial charge in [-0.1, -0.05) is 12.1 Å². The third kappa shape index (κ3) is 4.39. The van der Waals surface area contributed by atoms with Crippen LogP contribution in [0.15, 0.2) is 52.8 Å². The molecule has 1 fully saturated rings. The van der Waals surface area contributed by atoms with Crippen molar-refractivity contribution in [2.45, 2.75) is 26.3 Å². The third-order valence-electron chi connectivity index (χ3n) is 7.24. The van der Waals surface area contributed by atoms with Gasteiger partial charge in [-0.05, 0) is 37.3 Å². The Labute approximate surface area is 223 Å². The van der Waals surface area contributed by atoms with E-state index >= 15 is 0 Å². The quantitative estimate of drug-likeness (QED) is 0.340. The van der Waals surface area contributed by atoms with Crippen molar-refractivity contribution in [3.63, 3.8) is 0 Å². The molecule has 10 heteroatoms. The topological polar surface area (TPSA) is 97.6 Å². The fraction of sp³-hybridized carbons (Fsp3) is 0.321. The molecule has 1 saturated heterocycles. The molecule has 2 aliphatic heterocycles. The van der Waals surface area contributed by atoms with Crippen molar-refractivity contribution in [2.24, 2.45) is 0 Å². The van der Waals surface area contributed by atoms with Crippen LogP contribution in [-0.4, -0.2) is 64.1 Å². The molecular formula is C28H27N5O4S. The van der Waals surface area contributed by atoms with Gasteiger partial charge in [-0.2, -0.15) is 0 Å². The second-order valence-electron chi connectivity index (χ2n) is 9.45. The number of rotatable bonds is 7. The Bertz CT molecular complexity index is 1570. The lowest BCUT2D eigenvalue weighted by molar-refractivity contribution is 0.0655. The van der Waals surface area contributed by atoms with Gasteiger partial charge in [0.1, 0.15) is 5.82 Å². The number of aromatic nitrogens is 3. The SMILES string of the molecule is Cc1ncsc1CCn1c(CCN2C(=O)c3ccccc3C2=O)nc2cc(N3CCOCC3)ccc2c1=O. The highest BCUT2D eigenvalue weighted by Crippen LogP contribution is 2.24. The number of hydrogen-bond donors (Lipinski definition) is 0. The van der Waals surface area contributed by atoms with Gasteiger partial charge in [-0.15, -0.1) is 11.3 Å². The second kappa shape index (κ2) is 10.1. The predicted octanol–water partition coefficient (Wildman–Crippen LogP) is 3.08. The van der Waals surface area contributed by atoms with E-state index in [1.165, 1.54) is 4.90 Å². The van der Waals surface area contributed by atoms with Gasteiger partial charge in [-0.25, -0.2) is 9.97 Å². The van der Waals surface area contributed by atoms with Crippen LogP contribution in [0.5, 0.6) is 0 Å². The number of amides is 2. The molecule has 0 radical (unpaired) electrons. The summed E-state index contributed by atoms with van der Waals surface area (Å²) in [6.45, 7) is 5.43. The Kier molecular flexibility index (Phi) is 6.50. The van der Waals surface area contributed by atoms with Gasteiger partial charge >= 0.3 is 0 Å². The molecule has 9 nitrogen and oxygen atoms in total. The number of carbonyl (C=O) groups excluding carboxylic acids is 2. The highest BCUT2D eigenvalue weighted by Gasteiger charge is 2.35. The van der Waals surface area contributed by atoms with Crippen LogP contribution in [-0.2, 0) is 24.1 Å². The summed E-state index contributed by atoms with van der Waals surface area (Å²) in [6.07, 6.45) is 0.926. The molecule has 0 bridgehead atoms. The van der Waals surface area contributed by atoms with Crippen molar-refractivity contribution < 1.29 is 14.3 Å². The summed E-state index contributed by atoms with van der Waals surface area (Å²) < 4.78 is 7.16. The van der Waals surface area contributed by atoms with Crippen molar-refractivity contribution in [1.29, 1.82) is 0 Å². The van der Waals surface area contributed by atoms with E-state index in [4.69, 9.17) is 9.72 Å². The summed E-state index contributed by atoms with van der Waals surface area (Å²) >= 11 is 1.57. The van der Waals surface area contributed by atoms with Crippen LogP contribution in [0.1, 0.15) is 37.1 Å². The van der Waals surface area contributed by atoms with Crippen molar-refractivity contribution in [2.75, 3.05) is 37.7 Å². The minimum absolute atomic E-state index is 0.122. The van der Waals surface area contributed by atoms with E-state index in [0.717, 1.165) is 29.3 Å². The van der Waals surface area contributed by atoms with E-state index in [2.05, 4.69) is 9.88 Å². The number of carbonyl (C=O) groups is 2. The molecule has 2 aromatic heterocycles. The lowest BCUT2D eigenvalue weighted by atomic mass is 10.1. The summed E-state index contributed by atoms with van der Waals surface area (Å²) in [4.78, 5) is 53.4. The molecule has 0 N–H and O–H groups in total. The zero-order valence-electron chi connectivity index (χ0n) is 21.1. The predicted molar refractivity (Wildman–Crippen MR) is 145 cm³/mol. The average Bonchev–Trinajstić information content (AvgIpc) is 3.47. The Morgan fingerprint density at radius 2 is 1.68 bits per heavy atom. The van der Waals surface area contributed by atoms with Crippen LogP contribution in [0.2, 0.25) is 0 Å². The van der Waals surface area contributed by atoms with Crippen molar-refractivity contribution in [3.8, 4) is 0 Å². The average molecular weight is 530 g/mol. The van der Waals surface area contributed by atoms with Gasteiger partial charge in [0.05, 0.1) is 46.4 Å². The Morgan fingerprint density at radius 1 is 0.947 bits per heavy atom. The molecule has 4 aromatic rings. The molecule has 2 aliphatic rings. The standard InChI is InChI=1S/C28H27N5O4S/c1-18-24(38-17-29-18)8-10-32-25(9-11-33-26(34)20-4-2-3-5-21(20)27(33)35)30-23-16-19(6-7-22(23)28(32)36)31-12-14-37-15-13-31/h2-7,16-17H,8-15H2,1H3. The van der Waals surface area contributed by atoms with E-state index in [0.29, 0.717) is 54.0 Å². The first kappa shape index (κ1) is 24.4. The smallest absolute Gasteiger partial charge is 0.261 e. The van der Waals surface area contributed by atoms with E-state index in [-0.39, 0.29) is 30.3 Å². The van der Waals surface area contributed by atoms with Gasteiger partial charge in [0.2, 0.25) is 0 Å². The highest BCUT2D eigenvalue weighted by molar-refractivity contribution is 7.09. The molecule has 0 saturated carbocycles. The fourth-order valence-electron chi connectivity index (χ4n) is 5.13. The summed E-state index contributed by atoms with van der Waals surface area (Å²) in [5.41, 5.74) is 5.08. The summed E-state index contributed by atoms with van der Waals surface area (Å²) in [5, 5.41) is 0.549. The first-order valence-electron chi connectivity index (χ1n) is 12.7. The molecule has 0 atom stereocenters. The van der Waals surface area contributed by atoms with E-state index in [1.54, 1.807) is 40.2 Å². The summed E-state index contributed by atoms with van der Waals surface area (Å²) in [7, 11) is 0. The first-order valence-corrected chi connectivity index (χ1v) is 13.6. The van der Waals surface area contributed by atoms with Crippen LogP contribution in [0.4, 0.5) is 5.69 Å². The Morgan fingerprint density at radius 3 is 2.37 bits per heavy atom. The Balaban J connectivity index is 1.34. The Hall–Kier alpha value is -3.89. The number of nitrogens with zero attached hydrogens (tertiary/aromatic N) is 5. The van der Waals surface area contributed by atoms with Crippen LogP contribution in [0.3, 0.4) is 0 Å². The minimum Gasteiger partial charge on any atom is -0.378 e. The molecule has 6 rings (SSSR count). The van der Waals surface area contributed by atoms with Gasteiger partial charge in [0.25, 0.3) is 17.4 Å². The normalized spacial score (nSPS) is 15.5.